The highest BCUT2D eigenvalue weighted by Gasteiger charge is 2.04. The van der Waals surface area contributed by atoms with Crippen LogP contribution in [0.2, 0.25) is 5.02 Å². The normalized spacial score (nSPS) is 10.4. The van der Waals surface area contributed by atoms with Gasteiger partial charge in [0.25, 0.3) is 0 Å². The van der Waals surface area contributed by atoms with E-state index in [1.54, 1.807) is 0 Å². The lowest BCUT2D eigenvalue weighted by Gasteiger charge is -2.10. The first kappa shape index (κ1) is 15.8. The monoisotopic (exact) mass is 388 g/mol. The van der Waals surface area contributed by atoms with E-state index in [1.807, 2.05) is 61.5 Å². The third-order valence-electron chi connectivity index (χ3n) is 3.05. The minimum atomic E-state index is 0.675. The van der Waals surface area contributed by atoms with Crippen LogP contribution in [0, 0.1) is 6.92 Å². The highest BCUT2D eigenvalue weighted by atomic mass is 79.9. The molecule has 0 fully saturated rings. The standard InChI is InChI=1S/C17H14BrClN4/c1-11-20-16(22-14-7-5-12(18)6-8-14)10-17(21-11)23-15-4-2-3-13(19)9-15/h2-10H,1H3,(H2,20,21,22,23). The largest absolute Gasteiger partial charge is 0.340 e. The van der Waals surface area contributed by atoms with Gasteiger partial charge in [0, 0.05) is 26.9 Å². The summed E-state index contributed by atoms with van der Waals surface area (Å²) in [6.07, 6.45) is 0. The fraction of sp³-hybridized carbons (Fsp3) is 0.0588. The molecule has 0 spiro atoms. The van der Waals surface area contributed by atoms with Crippen molar-refractivity contribution < 1.29 is 0 Å². The molecule has 23 heavy (non-hydrogen) atoms. The van der Waals surface area contributed by atoms with Gasteiger partial charge in [0.15, 0.2) is 0 Å². The molecule has 2 N–H and O–H groups in total. The molecule has 0 unspecified atom stereocenters. The minimum Gasteiger partial charge on any atom is -0.340 e. The molecule has 0 aliphatic carbocycles. The second-order valence-corrected chi connectivity index (χ2v) is 6.30. The maximum atomic E-state index is 6.00. The molecule has 4 nitrogen and oxygen atoms in total. The summed E-state index contributed by atoms with van der Waals surface area (Å²) in [5, 5.41) is 7.18. The smallest absolute Gasteiger partial charge is 0.136 e. The summed E-state index contributed by atoms with van der Waals surface area (Å²) in [5.74, 6) is 2.11. The lowest BCUT2D eigenvalue weighted by molar-refractivity contribution is 1.06. The Balaban J connectivity index is 1.82. The van der Waals surface area contributed by atoms with Gasteiger partial charge in [-0.3, -0.25) is 0 Å². The van der Waals surface area contributed by atoms with Gasteiger partial charge in [0.2, 0.25) is 0 Å². The van der Waals surface area contributed by atoms with Crippen LogP contribution in [0.4, 0.5) is 23.0 Å². The van der Waals surface area contributed by atoms with E-state index in [4.69, 9.17) is 11.6 Å². The molecule has 1 heterocycles. The van der Waals surface area contributed by atoms with Crippen LogP contribution in [0.3, 0.4) is 0 Å². The van der Waals surface area contributed by atoms with Crippen LogP contribution in [0.15, 0.2) is 59.1 Å². The first-order valence-corrected chi connectivity index (χ1v) is 8.16. The Morgan fingerprint density at radius 1 is 0.870 bits per heavy atom. The van der Waals surface area contributed by atoms with Crippen molar-refractivity contribution in [1.29, 1.82) is 0 Å². The maximum absolute atomic E-state index is 6.00. The molecule has 3 rings (SSSR count). The van der Waals surface area contributed by atoms with Crippen molar-refractivity contribution in [2.45, 2.75) is 6.92 Å². The Morgan fingerprint density at radius 2 is 1.52 bits per heavy atom. The number of nitrogens with one attached hydrogen (secondary N) is 2. The van der Waals surface area contributed by atoms with Crippen LogP contribution in [0.1, 0.15) is 5.82 Å². The number of hydrogen-bond donors (Lipinski definition) is 2. The summed E-state index contributed by atoms with van der Waals surface area (Å²) in [7, 11) is 0. The first-order valence-electron chi connectivity index (χ1n) is 6.99. The predicted molar refractivity (Wildman–Crippen MR) is 98.9 cm³/mol. The van der Waals surface area contributed by atoms with Gasteiger partial charge in [-0.05, 0) is 49.4 Å². The number of aryl methyl sites for hydroxylation is 1. The second kappa shape index (κ2) is 6.98. The fourth-order valence-corrected chi connectivity index (χ4v) is 2.55. The van der Waals surface area contributed by atoms with E-state index >= 15 is 0 Å². The maximum Gasteiger partial charge on any atom is 0.136 e. The Hall–Kier alpha value is -2.11. The van der Waals surface area contributed by atoms with Crippen molar-refractivity contribution in [3.63, 3.8) is 0 Å². The number of hydrogen-bond acceptors (Lipinski definition) is 4. The van der Waals surface area contributed by atoms with E-state index in [1.165, 1.54) is 0 Å². The average Bonchev–Trinajstić information content (AvgIpc) is 2.49. The van der Waals surface area contributed by atoms with E-state index in [0.29, 0.717) is 16.7 Å². The number of rotatable bonds is 4. The van der Waals surface area contributed by atoms with Crippen molar-refractivity contribution in [2.75, 3.05) is 10.6 Å². The molecular weight excluding hydrogens is 376 g/mol. The highest BCUT2D eigenvalue weighted by Crippen LogP contribution is 2.23. The Morgan fingerprint density at radius 3 is 2.17 bits per heavy atom. The zero-order chi connectivity index (χ0) is 16.2. The van der Waals surface area contributed by atoms with Gasteiger partial charge in [-0.15, -0.1) is 0 Å². The Kier molecular flexibility index (Phi) is 4.79. The molecule has 0 saturated carbocycles. The van der Waals surface area contributed by atoms with E-state index in [2.05, 4.69) is 36.5 Å². The molecule has 0 radical (unpaired) electrons. The van der Waals surface area contributed by atoms with Gasteiger partial charge in [-0.2, -0.15) is 0 Å². The summed E-state index contributed by atoms with van der Waals surface area (Å²) in [4.78, 5) is 8.81. The van der Waals surface area contributed by atoms with Gasteiger partial charge < -0.3 is 10.6 Å². The van der Waals surface area contributed by atoms with Gasteiger partial charge in [-0.1, -0.05) is 33.6 Å². The van der Waals surface area contributed by atoms with Crippen LogP contribution in [-0.4, -0.2) is 9.97 Å². The molecule has 0 atom stereocenters. The summed E-state index contributed by atoms with van der Waals surface area (Å²) in [5.41, 5.74) is 1.84. The minimum absolute atomic E-state index is 0.675. The molecule has 6 heteroatoms. The zero-order valence-corrected chi connectivity index (χ0v) is 14.7. The molecule has 1 aromatic heterocycles. The summed E-state index contributed by atoms with van der Waals surface area (Å²) < 4.78 is 1.03. The van der Waals surface area contributed by atoms with Crippen molar-refractivity contribution >= 4 is 50.5 Å². The van der Waals surface area contributed by atoms with Crippen LogP contribution in [0.25, 0.3) is 0 Å². The van der Waals surface area contributed by atoms with Crippen molar-refractivity contribution in [3.8, 4) is 0 Å². The Bertz CT molecular complexity index is 821. The molecule has 2 aromatic carbocycles. The van der Waals surface area contributed by atoms with Crippen molar-refractivity contribution in [3.05, 3.63) is 69.9 Å². The fourth-order valence-electron chi connectivity index (χ4n) is 2.09. The molecule has 0 aliphatic heterocycles. The highest BCUT2D eigenvalue weighted by molar-refractivity contribution is 9.10. The van der Waals surface area contributed by atoms with Crippen LogP contribution in [-0.2, 0) is 0 Å². The van der Waals surface area contributed by atoms with E-state index in [9.17, 15) is 0 Å². The van der Waals surface area contributed by atoms with Gasteiger partial charge >= 0.3 is 0 Å². The Labute approximate surface area is 148 Å². The molecule has 0 amide bonds. The quantitative estimate of drug-likeness (QED) is 0.602. The van der Waals surface area contributed by atoms with E-state index < -0.39 is 0 Å². The molecule has 3 aromatic rings. The first-order chi connectivity index (χ1) is 11.1. The second-order valence-electron chi connectivity index (χ2n) is 4.95. The average molecular weight is 390 g/mol. The number of benzene rings is 2. The molecule has 0 saturated heterocycles. The van der Waals surface area contributed by atoms with Gasteiger partial charge in [-0.25, -0.2) is 9.97 Å². The van der Waals surface area contributed by atoms with Crippen molar-refractivity contribution in [2.24, 2.45) is 0 Å². The zero-order valence-electron chi connectivity index (χ0n) is 12.3. The number of nitrogens with zero attached hydrogens (tertiary/aromatic N) is 2. The van der Waals surface area contributed by atoms with Crippen molar-refractivity contribution in [1.82, 2.24) is 9.97 Å². The van der Waals surface area contributed by atoms with Crippen LogP contribution < -0.4 is 10.6 Å². The SMILES string of the molecule is Cc1nc(Nc2ccc(Br)cc2)cc(Nc2cccc(Cl)c2)n1. The van der Waals surface area contributed by atoms with E-state index in [0.717, 1.165) is 21.7 Å². The lowest BCUT2D eigenvalue weighted by Crippen LogP contribution is -2.01. The molecule has 0 bridgehead atoms. The molecule has 116 valence electrons. The predicted octanol–water partition coefficient (Wildman–Crippen LogP) is 5.69. The van der Waals surface area contributed by atoms with Crippen LogP contribution >= 0.6 is 27.5 Å². The van der Waals surface area contributed by atoms with Gasteiger partial charge in [0.1, 0.15) is 17.5 Å². The van der Waals surface area contributed by atoms with Gasteiger partial charge in [0.05, 0.1) is 0 Å². The summed E-state index contributed by atoms with van der Waals surface area (Å²) in [6.45, 7) is 1.86. The summed E-state index contributed by atoms with van der Waals surface area (Å²) >= 11 is 9.43. The van der Waals surface area contributed by atoms with E-state index in [-0.39, 0.29) is 0 Å². The number of halogens is 2. The molecule has 0 aliphatic rings. The lowest BCUT2D eigenvalue weighted by atomic mass is 10.3. The van der Waals surface area contributed by atoms with Crippen LogP contribution in [0.5, 0.6) is 0 Å². The number of anilines is 4. The topological polar surface area (TPSA) is 49.8 Å². The molecular formula is C17H14BrClN4. The third kappa shape index (κ3) is 4.43. The summed E-state index contributed by atoms with van der Waals surface area (Å²) in [6, 6.07) is 17.3. The third-order valence-corrected chi connectivity index (χ3v) is 3.82. The number of aromatic nitrogens is 2.